The zero-order valence-corrected chi connectivity index (χ0v) is 12.3. The second kappa shape index (κ2) is 4.27. The molecular formula is C19H20O2. The highest BCUT2D eigenvalue weighted by atomic mass is 16.3. The van der Waals surface area contributed by atoms with Gasteiger partial charge in [-0.25, -0.2) is 0 Å². The molecule has 2 aliphatic carbocycles. The minimum absolute atomic E-state index is 0.247. The van der Waals surface area contributed by atoms with E-state index in [9.17, 15) is 10.2 Å². The number of aryl methyl sites for hydroxylation is 1. The lowest BCUT2D eigenvalue weighted by atomic mass is 9.63. The highest BCUT2D eigenvalue weighted by Crippen LogP contribution is 2.54. The van der Waals surface area contributed by atoms with Gasteiger partial charge in [-0.05, 0) is 83.5 Å². The predicted octanol–water partition coefficient (Wildman–Crippen LogP) is 3.93. The Balaban J connectivity index is 1.75. The Bertz CT molecular complexity index is 720. The maximum atomic E-state index is 9.81. The van der Waals surface area contributed by atoms with Crippen LogP contribution in [0.3, 0.4) is 0 Å². The third-order valence-electron chi connectivity index (χ3n) is 5.68. The van der Waals surface area contributed by atoms with Crippen LogP contribution < -0.4 is 0 Å². The molecule has 0 radical (unpaired) electrons. The van der Waals surface area contributed by atoms with E-state index in [4.69, 9.17) is 0 Å². The van der Waals surface area contributed by atoms with Crippen LogP contribution in [0.5, 0.6) is 11.5 Å². The standard InChI is InChI=1S/C19H20O2/c1-12-18-9-17(21)4-2-13(18)6-7-19(12)10-14-3-5-16(20)8-15(14)11-19/h2-5,8-9,12,20-21H,6-7,10-11H2,1H3/t12-,19+/m1/s1. The molecule has 0 amide bonds. The molecule has 0 saturated heterocycles. The Hall–Kier alpha value is -1.96. The Morgan fingerprint density at radius 2 is 1.57 bits per heavy atom. The van der Waals surface area contributed by atoms with Gasteiger partial charge >= 0.3 is 0 Å². The Labute approximate surface area is 125 Å². The maximum Gasteiger partial charge on any atom is 0.115 e. The Kier molecular flexibility index (Phi) is 2.59. The molecule has 0 fully saturated rings. The summed E-state index contributed by atoms with van der Waals surface area (Å²) in [6.07, 6.45) is 4.38. The van der Waals surface area contributed by atoms with E-state index in [0.29, 0.717) is 17.4 Å². The summed E-state index contributed by atoms with van der Waals surface area (Å²) in [6, 6.07) is 11.6. The van der Waals surface area contributed by atoms with Crippen molar-refractivity contribution in [1.82, 2.24) is 0 Å². The molecule has 2 aromatic rings. The van der Waals surface area contributed by atoms with Gasteiger partial charge in [0.2, 0.25) is 0 Å². The van der Waals surface area contributed by atoms with Crippen molar-refractivity contribution >= 4 is 0 Å². The van der Waals surface area contributed by atoms with Crippen molar-refractivity contribution in [2.75, 3.05) is 0 Å². The van der Waals surface area contributed by atoms with E-state index in [2.05, 4.69) is 19.1 Å². The van der Waals surface area contributed by atoms with Gasteiger partial charge in [0.25, 0.3) is 0 Å². The SMILES string of the molecule is C[C@@H]1c2cc(O)ccc2CC[C@@]12Cc1ccc(O)cc1C2. The van der Waals surface area contributed by atoms with Crippen LogP contribution in [0.25, 0.3) is 0 Å². The fraction of sp³-hybridized carbons (Fsp3) is 0.368. The largest absolute Gasteiger partial charge is 0.508 e. The van der Waals surface area contributed by atoms with Crippen molar-refractivity contribution in [1.29, 1.82) is 0 Å². The van der Waals surface area contributed by atoms with E-state index in [1.807, 2.05) is 12.1 Å². The Morgan fingerprint density at radius 1 is 0.905 bits per heavy atom. The molecule has 0 heterocycles. The molecule has 0 bridgehead atoms. The minimum Gasteiger partial charge on any atom is -0.508 e. The van der Waals surface area contributed by atoms with Crippen molar-refractivity contribution in [2.45, 2.75) is 38.5 Å². The number of benzene rings is 2. The lowest BCUT2D eigenvalue weighted by molar-refractivity contribution is 0.211. The van der Waals surface area contributed by atoms with E-state index in [0.717, 1.165) is 19.3 Å². The number of phenols is 2. The normalized spacial score (nSPS) is 26.6. The minimum atomic E-state index is 0.247. The van der Waals surface area contributed by atoms with Gasteiger partial charge in [0.05, 0.1) is 0 Å². The number of aromatic hydroxyl groups is 2. The smallest absolute Gasteiger partial charge is 0.115 e. The van der Waals surface area contributed by atoms with Crippen LogP contribution in [0, 0.1) is 5.41 Å². The monoisotopic (exact) mass is 280 g/mol. The highest BCUT2D eigenvalue weighted by molar-refractivity contribution is 5.45. The van der Waals surface area contributed by atoms with Crippen LogP contribution >= 0.6 is 0 Å². The zero-order chi connectivity index (χ0) is 14.6. The quantitative estimate of drug-likeness (QED) is 0.767. The summed E-state index contributed by atoms with van der Waals surface area (Å²) in [4.78, 5) is 0. The molecule has 0 unspecified atom stereocenters. The first kappa shape index (κ1) is 12.8. The van der Waals surface area contributed by atoms with E-state index in [-0.39, 0.29) is 5.41 Å². The van der Waals surface area contributed by atoms with Crippen LogP contribution in [-0.4, -0.2) is 10.2 Å². The van der Waals surface area contributed by atoms with Crippen molar-refractivity contribution in [3.05, 3.63) is 58.7 Å². The topological polar surface area (TPSA) is 40.5 Å². The summed E-state index contributed by atoms with van der Waals surface area (Å²) in [5, 5.41) is 19.5. The van der Waals surface area contributed by atoms with Crippen molar-refractivity contribution in [2.24, 2.45) is 5.41 Å². The van der Waals surface area contributed by atoms with Gasteiger partial charge in [-0.2, -0.15) is 0 Å². The lowest BCUT2D eigenvalue weighted by Crippen LogP contribution is -2.33. The van der Waals surface area contributed by atoms with E-state index in [1.165, 1.54) is 28.7 Å². The van der Waals surface area contributed by atoms with Crippen LogP contribution in [0.2, 0.25) is 0 Å². The van der Waals surface area contributed by atoms with Crippen LogP contribution in [-0.2, 0) is 19.3 Å². The van der Waals surface area contributed by atoms with Gasteiger partial charge < -0.3 is 10.2 Å². The lowest BCUT2D eigenvalue weighted by Gasteiger charge is -2.41. The summed E-state index contributed by atoms with van der Waals surface area (Å²) < 4.78 is 0. The van der Waals surface area contributed by atoms with Gasteiger partial charge in [-0.15, -0.1) is 0 Å². The molecule has 108 valence electrons. The molecule has 2 nitrogen and oxygen atoms in total. The highest BCUT2D eigenvalue weighted by Gasteiger charge is 2.44. The fourth-order valence-electron chi connectivity index (χ4n) is 4.40. The summed E-state index contributed by atoms with van der Waals surface area (Å²) >= 11 is 0. The van der Waals surface area contributed by atoms with Crippen molar-refractivity contribution in [3.63, 3.8) is 0 Å². The molecule has 2 heteroatoms. The van der Waals surface area contributed by atoms with Gasteiger partial charge in [0.1, 0.15) is 11.5 Å². The number of hydrogen-bond acceptors (Lipinski definition) is 2. The second-order valence-electron chi connectivity index (χ2n) is 6.77. The molecule has 2 N–H and O–H groups in total. The molecule has 0 aromatic heterocycles. The van der Waals surface area contributed by atoms with E-state index >= 15 is 0 Å². The first-order valence-corrected chi connectivity index (χ1v) is 7.70. The van der Waals surface area contributed by atoms with Crippen molar-refractivity contribution < 1.29 is 10.2 Å². The molecule has 2 atom stereocenters. The zero-order valence-electron chi connectivity index (χ0n) is 12.3. The summed E-state index contributed by atoms with van der Waals surface area (Å²) in [5.41, 5.74) is 5.61. The molecular weight excluding hydrogens is 260 g/mol. The van der Waals surface area contributed by atoms with Gasteiger partial charge in [-0.3, -0.25) is 0 Å². The number of phenolic OH excluding ortho intramolecular Hbond substituents is 2. The van der Waals surface area contributed by atoms with Crippen LogP contribution in [0.1, 0.15) is 41.5 Å². The number of hydrogen-bond donors (Lipinski definition) is 2. The summed E-state index contributed by atoms with van der Waals surface area (Å²) in [7, 11) is 0. The number of rotatable bonds is 0. The molecule has 2 aliphatic rings. The molecule has 2 aromatic carbocycles. The first-order valence-electron chi connectivity index (χ1n) is 7.70. The number of fused-ring (bicyclic) bond motifs is 2. The third-order valence-corrected chi connectivity index (χ3v) is 5.68. The molecule has 0 saturated carbocycles. The van der Waals surface area contributed by atoms with Crippen LogP contribution in [0.4, 0.5) is 0 Å². The van der Waals surface area contributed by atoms with Crippen LogP contribution in [0.15, 0.2) is 36.4 Å². The van der Waals surface area contributed by atoms with E-state index < -0.39 is 0 Å². The average molecular weight is 280 g/mol. The van der Waals surface area contributed by atoms with Crippen molar-refractivity contribution in [3.8, 4) is 11.5 Å². The summed E-state index contributed by atoms with van der Waals surface area (Å²) in [6.45, 7) is 2.29. The molecule has 1 spiro atoms. The Morgan fingerprint density at radius 3 is 2.38 bits per heavy atom. The maximum absolute atomic E-state index is 9.81. The summed E-state index contributed by atoms with van der Waals surface area (Å²) in [5.74, 6) is 1.17. The third kappa shape index (κ3) is 1.85. The van der Waals surface area contributed by atoms with Gasteiger partial charge in [-0.1, -0.05) is 19.1 Å². The second-order valence-corrected chi connectivity index (χ2v) is 6.77. The predicted molar refractivity (Wildman–Crippen MR) is 82.8 cm³/mol. The van der Waals surface area contributed by atoms with E-state index in [1.54, 1.807) is 12.1 Å². The molecule has 21 heavy (non-hydrogen) atoms. The fourth-order valence-corrected chi connectivity index (χ4v) is 4.40. The average Bonchev–Trinajstić information content (AvgIpc) is 2.82. The first-order chi connectivity index (χ1) is 10.1. The van der Waals surface area contributed by atoms with Gasteiger partial charge in [0.15, 0.2) is 0 Å². The van der Waals surface area contributed by atoms with Gasteiger partial charge in [0, 0.05) is 0 Å². The molecule has 0 aliphatic heterocycles. The molecule has 4 rings (SSSR count).